The molecule has 0 radical (unpaired) electrons. The first kappa shape index (κ1) is 15.1. The van der Waals surface area contributed by atoms with E-state index in [-0.39, 0.29) is 17.9 Å². The third kappa shape index (κ3) is 3.33. The first-order chi connectivity index (χ1) is 10.7. The SMILES string of the molecule is COc1ccccc1[C@@H]1C[C@@H]1C(=O)N[C@H](C)Cc1ccsc1. The van der Waals surface area contributed by atoms with Crippen molar-refractivity contribution in [3.8, 4) is 5.75 Å². The van der Waals surface area contributed by atoms with Gasteiger partial charge in [-0.1, -0.05) is 18.2 Å². The van der Waals surface area contributed by atoms with Crippen molar-refractivity contribution in [3.05, 3.63) is 52.2 Å². The summed E-state index contributed by atoms with van der Waals surface area (Å²) in [5.41, 5.74) is 2.44. The highest BCUT2D eigenvalue weighted by molar-refractivity contribution is 7.07. The van der Waals surface area contributed by atoms with E-state index in [1.807, 2.05) is 18.2 Å². The van der Waals surface area contributed by atoms with Gasteiger partial charge in [-0.05, 0) is 59.7 Å². The molecule has 1 aliphatic carbocycles. The summed E-state index contributed by atoms with van der Waals surface area (Å²) in [5, 5.41) is 7.35. The Balaban J connectivity index is 1.56. The number of benzene rings is 1. The molecule has 0 bridgehead atoms. The predicted octanol–water partition coefficient (Wildman–Crippen LogP) is 3.61. The second-order valence-corrected chi connectivity index (χ2v) is 6.72. The molecule has 1 aliphatic rings. The van der Waals surface area contributed by atoms with Gasteiger partial charge < -0.3 is 10.1 Å². The summed E-state index contributed by atoms with van der Waals surface area (Å²) >= 11 is 1.69. The highest BCUT2D eigenvalue weighted by Crippen LogP contribution is 2.50. The molecule has 0 unspecified atom stereocenters. The van der Waals surface area contributed by atoms with Crippen molar-refractivity contribution in [1.82, 2.24) is 5.32 Å². The van der Waals surface area contributed by atoms with Gasteiger partial charge in [-0.25, -0.2) is 0 Å². The number of amides is 1. The normalized spacial score (nSPS) is 21.2. The molecule has 1 heterocycles. The van der Waals surface area contributed by atoms with Gasteiger partial charge in [0.2, 0.25) is 5.91 Å². The van der Waals surface area contributed by atoms with Crippen molar-refractivity contribution in [3.63, 3.8) is 0 Å². The van der Waals surface area contributed by atoms with Crippen molar-refractivity contribution in [2.45, 2.75) is 31.7 Å². The van der Waals surface area contributed by atoms with E-state index >= 15 is 0 Å². The zero-order valence-corrected chi connectivity index (χ0v) is 13.7. The monoisotopic (exact) mass is 315 g/mol. The van der Waals surface area contributed by atoms with Crippen molar-refractivity contribution in [2.24, 2.45) is 5.92 Å². The summed E-state index contributed by atoms with van der Waals surface area (Å²) in [6.45, 7) is 2.07. The Morgan fingerprint density at radius 3 is 2.95 bits per heavy atom. The summed E-state index contributed by atoms with van der Waals surface area (Å²) in [7, 11) is 1.68. The van der Waals surface area contributed by atoms with Crippen LogP contribution in [0.1, 0.15) is 30.4 Å². The Labute approximate surface area is 135 Å². The maximum Gasteiger partial charge on any atom is 0.223 e. The largest absolute Gasteiger partial charge is 0.496 e. The van der Waals surface area contributed by atoms with Gasteiger partial charge in [0.25, 0.3) is 0 Å². The standard InChI is InChI=1S/C18H21NO2S/c1-12(9-13-7-8-22-11-13)19-18(20)16-10-15(16)14-5-3-4-6-17(14)21-2/h3-8,11-12,15-16H,9-10H2,1-2H3,(H,19,20)/t12-,15+,16+/m1/s1. The molecule has 1 saturated carbocycles. The summed E-state index contributed by atoms with van der Waals surface area (Å²) in [6.07, 6.45) is 1.80. The van der Waals surface area contributed by atoms with E-state index in [0.29, 0.717) is 5.92 Å². The number of carbonyl (C=O) groups is 1. The van der Waals surface area contributed by atoms with Crippen LogP contribution in [-0.4, -0.2) is 19.1 Å². The topological polar surface area (TPSA) is 38.3 Å². The fraction of sp³-hybridized carbons (Fsp3) is 0.389. The number of thiophene rings is 1. The molecular weight excluding hydrogens is 294 g/mol. The molecule has 3 atom stereocenters. The Morgan fingerprint density at radius 1 is 1.41 bits per heavy atom. The smallest absolute Gasteiger partial charge is 0.223 e. The summed E-state index contributed by atoms with van der Waals surface area (Å²) in [6, 6.07) is 10.3. The summed E-state index contributed by atoms with van der Waals surface area (Å²) < 4.78 is 5.40. The molecule has 3 rings (SSSR count). The highest BCUT2D eigenvalue weighted by Gasteiger charge is 2.45. The molecule has 0 saturated heterocycles. The minimum absolute atomic E-state index is 0.0845. The maximum absolute atomic E-state index is 12.4. The summed E-state index contributed by atoms with van der Waals surface area (Å²) in [5.74, 6) is 1.43. The average molecular weight is 315 g/mol. The second kappa shape index (κ2) is 6.53. The Morgan fingerprint density at radius 2 is 2.23 bits per heavy atom. The molecule has 22 heavy (non-hydrogen) atoms. The molecule has 2 aromatic rings. The van der Waals surface area contributed by atoms with Crippen LogP contribution in [0.5, 0.6) is 5.75 Å². The minimum atomic E-state index is 0.0845. The van der Waals surface area contributed by atoms with E-state index in [1.165, 1.54) is 5.56 Å². The van der Waals surface area contributed by atoms with Gasteiger partial charge in [-0.3, -0.25) is 4.79 Å². The second-order valence-electron chi connectivity index (χ2n) is 5.94. The number of para-hydroxylation sites is 1. The number of hydrogen-bond donors (Lipinski definition) is 1. The average Bonchev–Trinajstić information content (AvgIpc) is 3.17. The van der Waals surface area contributed by atoms with Crippen LogP contribution in [0, 0.1) is 5.92 Å². The predicted molar refractivity (Wildman–Crippen MR) is 89.5 cm³/mol. The molecule has 1 amide bonds. The lowest BCUT2D eigenvalue weighted by Gasteiger charge is -2.13. The number of carbonyl (C=O) groups excluding carboxylic acids is 1. The molecule has 1 aromatic carbocycles. The van der Waals surface area contributed by atoms with Gasteiger partial charge in [-0.15, -0.1) is 0 Å². The Hall–Kier alpha value is -1.81. The molecule has 3 nitrogen and oxygen atoms in total. The number of ether oxygens (including phenoxy) is 1. The molecule has 1 fully saturated rings. The van der Waals surface area contributed by atoms with Crippen LogP contribution in [0.25, 0.3) is 0 Å². The van der Waals surface area contributed by atoms with Gasteiger partial charge in [0.1, 0.15) is 5.75 Å². The molecule has 1 aromatic heterocycles. The lowest BCUT2D eigenvalue weighted by molar-refractivity contribution is -0.123. The molecule has 1 N–H and O–H groups in total. The van der Waals surface area contributed by atoms with Gasteiger partial charge >= 0.3 is 0 Å². The van der Waals surface area contributed by atoms with Crippen molar-refractivity contribution < 1.29 is 9.53 Å². The number of rotatable bonds is 6. The van der Waals surface area contributed by atoms with Crippen molar-refractivity contribution in [1.29, 1.82) is 0 Å². The molecule has 4 heteroatoms. The lowest BCUT2D eigenvalue weighted by atomic mass is 10.1. The van der Waals surface area contributed by atoms with Crippen LogP contribution >= 0.6 is 11.3 Å². The fourth-order valence-corrected chi connectivity index (χ4v) is 3.65. The maximum atomic E-state index is 12.4. The lowest BCUT2D eigenvalue weighted by Crippen LogP contribution is -2.35. The van der Waals surface area contributed by atoms with Gasteiger partial charge in [0.05, 0.1) is 7.11 Å². The van der Waals surface area contributed by atoms with Crippen LogP contribution in [0.4, 0.5) is 0 Å². The van der Waals surface area contributed by atoms with Crippen LogP contribution in [0.2, 0.25) is 0 Å². The zero-order valence-electron chi connectivity index (χ0n) is 12.9. The highest BCUT2D eigenvalue weighted by atomic mass is 32.1. The van der Waals surface area contributed by atoms with Gasteiger partial charge in [-0.2, -0.15) is 11.3 Å². The molecule has 0 aliphatic heterocycles. The number of hydrogen-bond acceptors (Lipinski definition) is 3. The van der Waals surface area contributed by atoms with Crippen molar-refractivity contribution >= 4 is 17.2 Å². The summed E-state index contributed by atoms with van der Waals surface area (Å²) in [4.78, 5) is 12.4. The Kier molecular flexibility index (Phi) is 4.48. The van der Waals surface area contributed by atoms with Crippen LogP contribution < -0.4 is 10.1 Å². The van der Waals surface area contributed by atoms with E-state index in [0.717, 1.165) is 24.2 Å². The molecular formula is C18H21NO2S. The van der Waals surface area contributed by atoms with Gasteiger partial charge in [0.15, 0.2) is 0 Å². The fourth-order valence-electron chi connectivity index (χ4n) is 2.96. The Bertz CT molecular complexity index is 638. The minimum Gasteiger partial charge on any atom is -0.496 e. The van der Waals surface area contributed by atoms with E-state index in [2.05, 4.69) is 35.1 Å². The zero-order chi connectivity index (χ0) is 15.5. The van der Waals surface area contributed by atoms with Crippen LogP contribution in [-0.2, 0) is 11.2 Å². The van der Waals surface area contributed by atoms with Gasteiger partial charge in [0, 0.05) is 12.0 Å². The number of methoxy groups -OCH3 is 1. The quantitative estimate of drug-likeness (QED) is 0.884. The van der Waals surface area contributed by atoms with E-state index in [9.17, 15) is 4.79 Å². The number of nitrogens with one attached hydrogen (secondary N) is 1. The third-order valence-electron chi connectivity index (χ3n) is 4.18. The van der Waals surface area contributed by atoms with Crippen LogP contribution in [0.3, 0.4) is 0 Å². The van der Waals surface area contributed by atoms with E-state index in [4.69, 9.17) is 4.74 Å². The first-order valence-electron chi connectivity index (χ1n) is 7.63. The van der Waals surface area contributed by atoms with E-state index in [1.54, 1.807) is 18.4 Å². The van der Waals surface area contributed by atoms with Crippen molar-refractivity contribution in [2.75, 3.05) is 7.11 Å². The molecule has 116 valence electrons. The molecule has 0 spiro atoms. The third-order valence-corrected chi connectivity index (χ3v) is 4.91. The van der Waals surface area contributed by atoms with E-state index < -0.39 is 0 Å². The van der Waals surface area contributed by atoms with Crippen LogP contribution in [0.15, 0.2) is 41.1 Å². The first-order valence-corrected chi connectivity index (χ1v) is 8.57.